The first-order valence-electron chi connectivity index (χ1n) is 6.26. The minimum absolute atomic E-state index is 0.183. The molecule has 0 aromatic heterocycles. The highest BCUT2D eigenvalue weighted by Crippen LogP contribution is 2.29. The lowest BCUT2D eigenvalue weighted by Gasteiger charge is -2.29. The van der Waals surface area contributed by atoms with Crippen LogP contribution in [0.4, 0.5) is 0 Å². The Morgan fingerprint density at radius 1 is 1.05 bits per heavy atom. The zero-order valence-electron chi connectivity index (χ0n) is 12.3. The molecule has 0 spiro atoms. The molecular formula is C15H16O6. The quantitative estimate of drug-likeness (QED) is 0.481. The van der Waals surface area contributed by atoms with Crippen molar-refractivity contribution in [3.8, 4) is 11.5 Å². The van der Waals surface area contributed by atoms with Gasteiger partial charge in [0, 0.05) is 25.5 Å². The molecule has 0 N–H and O–H groups in total. The van der Waals surface area contributed by atoms with Gasteiger partial charge in [-0.2, -0.15) is 0 Å². The lowest BCUT2D eigenvalue weighted by Crippen LogP contribution is -2.41. The average Bonchev–Trinajstić information content (AvgIpc) is 2.41. The van der Waals surface area contributed by atoms with Crippen molar-refractivity contribution >= 4 is 18.0 Å². The maximum absolute atomic E-state index is 11.9. The van der Waals surface area contributed by atoms with Crippen molar-refractivity contribution in [3.63, 3.8) is 0 Å². The molecule has 0 bridgehead atoms. The molecule has 2 rings (SSSR count). The molecule has 0 unspecified atom stereocenters. The molecule has 112 valence electrons. The van der Waals surface area contributed by atoms with E-state index >= 15 is 0 Å². The second-order valence-electron chi connectivity index (χ2n) is 4.84. The van der Waals surface area contributed by atoms with Crippen molar-refractivity contribution < 1.29 is 28.5 Å². The van der Waals surface area contributed by atoms with E-state index in [1.807, 2.05) is 0 Å². The first kappa shape index (κ1) is 14.9. The molecule has 1 fully saturated rings. The number of cyclic esters (lactones) is 2. The minimum atomic E-state index is -1.25. The van der Waals surface area contributed by atoms with Gasteiger partial charge in [-0.15, -0.1) is 0 Å². The van der Waals surface area contributed by atoms with Crippen LogP contribution < -0.4 is 9.47 Å². The first-order valence-corrected chi connectivity index (χ1v) is 6.26. The van der Waals surface area contributed by atoms with Crippen LogP contribution in [0.15, 0.2) is 23.8 Å². The number of esters is 2. The van der Waals surface area contributed by atoms with Crippen LogP contribution >= 0.6 is 0 Å². The van der Waals surface area contributed by atoms with Crippen molar-refractivity contribution in [2.45, 2.75) is 19.6 Å². The van der Waals surface area contributed by atoms with Gasteiger partial charge in [-0.3, -0.25) is 0 Å². The predicted octanol–water partition coefficient (Wildman–Crippen LogP) is 1.92. The minimum Gasteiger partial charge on any atom is -0.497 e. The molecule has 1 aromatic carbocycles. The zero-order chi connectivity index (χ0) is 15.6. The van der Waals surface area contributed by atoms with Gasteiger partial charge in [-0.25, -0.2) is 9.59 Å². The van der Waals surface area contributed by atoms with Crippen LogP contribution in [0.1, 0.15) is 19.4 Å². The van der Waals surface area contributed by atoms with E-state index in [9.17, 15) is 9.59 Å². The topological polar surface area (TPSA) is 71.1 Å². The molecule has 0 saturated carbocycles. The van der Waals surface area contributed by atoms with Crippen molar-refractivity contribution in [3.05, 3.63) is 29.3 Å². The highest BCUT2D eigenvalue weighted by molar-refractivity contribution is 6.19. The molecular weight excluding hydrogens is 276 g/mol. The molecule has 1 aliphatic heterocycles. The smallest absolute Gasteiger partial charge is 0.348 e. The highest BCUT2D eigenvalue weighted by atomic mass is 16.7. The Bertz CT molecular complexity index is 593. The Kier molecular flexibility index (Phi) is 3.88. The van der Waals surface area contributed by atoms with Crippen LogP contribution in [0.2, 0.25) is 0 Å². The molecule has 1 aromatic rings. The number of benzene rings is 1. The predicted molar refractivity (Wildman–Crippen MR) is 73.8 cm³/mol. The van der Waals surface area contributed by atoms with E-state index in [2.05, 4.69) is 0 Å². The van der Waals surface area contributed by atoms with E-state index in [0.29, 0.717) is 17.1 Å². The van der Waals surface area contributed by atoms with E-state index in [1.54, 1.807) is 18.2 Å². The number of carbonyl (C=O) groups excluding carboxylic acids is 2. The maximum atomic E-state index is 11.9. The summed E-state index contributed by atoms with van der Waals surface area (Å²) in [5, 5.41) is 0. The second kappa shape index (κ2) is 5.47. The van der Waals surface area contributed by atoms with Crippen molar-refractivity contribution in [1.82, 2.24) is 0 Å². The zero-order valence-corrected chi connectivity index (χ0v) is 12.3. The Morgan fingerprint density at radius 3 is 2.19 bits per heavy atom. The largest absolute Gasteiger partial charge is 0.497 e. The summed E-state index contributed by atoms with van der Waals surface area (Å²) in [7, 11) is 3.02. The lowest BCUT2D eigenvalue weighted by molar-refractivity contribution is -0.222. The summed E-state index contributed by atoms with van der Waals surface area (Å²) >= 11 is 0. The summed E-state index contributed by atoms with van der Waals surface area (Å²) in [5.41, 5.74) is 0.361. The van der Waals surface area contributed by atoms with Gasteiger partial charge >= 0.3 is 11.9 Å². The average molecular weight is 292 g/mol. The number of ether oxygens (including phenoxy) is 4. The van der Waals surface area contributed by atoms with Gasteiger partial charge in [0.15, 0.2) is 0 Å². The van der Waals surface area contributed by atoms with Crippen LogP contribution in [-0.4, -0.2) is 31.9 Å². The van der Waals surface area contributed by atoms with Gasteiger partial charge in [0.2, 0.25) is 0 Å². The van der Waals surface area contributed by atoms with Crippen LogP contribution in [0, 0.1) is 0 Å². The normalized spacial score (nSPS) is 16.9. The van der Waals surface area contributed by atoms with E-state index in [-0.39, 0.29) is 5.57 Å². The van der Waals surface area contributed by atoms with Crippen LogP contribution in [-0.2, 0) is 19.1 Å². The Balaban J connectivity index is 2.39. The van der Waals surface area contributed by atoms with Crippen LogP contribution in [0.5, 0.6) is 11.5 Å². The van der Waals surface area contributed by atoms with Crippen molar-refractivity contribution in [1.29, 1.82) is 0 Å². The number of methoxy groups -OCH3 is 2. The van der Waals surface area contributed by atoms with Gasteiger partial charge in [0.25, 0.3) is 5.79 Å². The molecule has 1 saturated heterocycles. The molecule has 1 aliphatic rings. The third-order valence-electron chi connectivity index (χ3n) is 2.86. The van der Waals surface area contributed by atoms with Crippen molar-refractivity contribution in [2.24, 2.45) is 0 Å². The monoisotopic (exact) mass is 292 g/mol. The maximum Gasteiger partial charge on any atom is 0.348 e. The van der Waals surface area contributed by atoms with Gasteiger partial charge < -0.3 is 18.9 Å². The van der Waals surface area contributed by atoms with Crippen LogP contribution in [0.3, 0.4) is 0 Å². The fraction of sp³-hybridized carbons (Fsp3) is 0.333. The summed E-state index contributed by atoms with van der Waals surface area (Å²) in [5.74, 6) is -1.64. The first-order chi connectivity index (χ1) is 9.86. The number of hydrogen-bond acceptors (Lipinski definition) is 6. The third kappa shape index (κ3) is 3.16. The molecule has 21 heavy (non-hydrogen) atoms. The van der Waals surface area contributed by atoms with Gasteiger partial charge in [0.05, 0.1) is 14.2 Å². The van der Waals surface area contributed by atoms with E-state index in [1.165, 1.54) is 34.1 Å². The lowest BCUT2D eigenvalue weighted by atomic mass is 10.1. The summed E-state index contributed by atoms with van der Waals surface area (Å²) in [4.78, 5) is 23.8. The number of hydrogen-bond donors (Lipinski definition) is 0. The standard InChI is InChI=1S/C15H16O6/c1-15(2)20-13(16)11(14(17)21-15)7-9-5-6-10(18-3)8-12(9)19-4/h5-8H,1-4H3. The molecule has 0 amide bonds. The number of carbonyl (C=O) groups is 2. The Hall–Kier alpha value is -2.50. The second-order valence-corrected chi connectivity index (χ2v) is 4.84. The van der Waals surface area contributed by atoms with Crippen molar-refractivity contribution in [2.75, 3.05) is 14.2 Å². The molecule has 6 nitrogen and oxygen atoms in total. The highest BCUT2D eigenvalue weighted by Gasteiger charge is 2.38. The fourth-order valence-corrected chi connectivity index (χ4v) is 1.87. The van der Waals surface area contributed by atoms with Crippen LogP contribution in [0.25, 0.3) is 6.08 Å². The molecule has 0 aliphatic carbocycles. The summed E-state index contributed by atoms with van der Waals surface area (Å²) in [6.45, 7) is 2.99. The summed E-state index contributed by atoms with van der Waals surface area (Å²) in [6.07, 6.45) is 1.37. The fourth-order valence-electron chi connectivity index (χ4n) is 1.87. The van der Waals surface area contributed by atoms with Gasteiger partial charge in [-0.05, 0) is 18.2 Å². The van der Waals surface area contributed by atoms with Gasteiger partial charge in [0.1, 0.15) is 17.1 Å². The van der Waals surface area contributed by atoms with E-state index in [4.69, 9.17) is 18.9 Å². The molecule has 6 heteroatoms. The van der Waals surface area contributed by atoms with Gasteiger partial charge in [-0.1, -0.05) is 0 Å². The van der Waals surface area contributed by atoms with E-state index in [0.717, 1.165) is 0 Å². The molecule has 0 atom stereocenters. The summed E-state index contributed by atoms with van der Waals surface area (Å²) < 4.78 is 20.4. The summed E-state index contributed by atoms with van der Waals surface area (Å²) in [6, 6.07) is 5.01. The SMILES string of the molecule is COc1ccc(C=C2C(=O)OC(C)(C)OC2=O)c(OC)c1. The van der Waals surface area contributed by atoms with E-state index < -0.39 is 17.7 Å². The molecule has 0 radical (unpaired) electrons. The number of rotatable bonds is 3. The molecule has 1 heterocycles. The third-order valence-corrected chi connectivity index (χ3v) is 2.86. The Labute approximate surface area is 122 Å². The Morgan fingerprint density at radius 2 is 1.67 bits per heavy atom.